The molecule has 0 fully saturated rings. The van der Waals surface area contributed by atoms with E-state index in [0.717, 1.165) is 0 Å². The van der Waals surface area contributed by atoms with E-state index in [9.17, 15) is 19.6 Å². The quantitative estimate of drug-likeness (QED) is 0.407. The van der Waals surface area contributed by atoms with Crippen LogP contribution in [0.25, 0.3) is 5.57 Å². The van der Waals surface area contributed by atoms with Crippen LogP contribution in [0.4, 0.5) is 10.5 Å². The molecule has 9 nitrogen and oxygen atoms in total. The van der Waals surface area contributed by atoms with Crippen LogP contribution in [0.1, 0.15) is 38.8 Å². The smallest absolute Gasteiger partial charge is 0.407 e. The molecule has 0 saturated carbocycles. The molecule has 29 heavy (non-hydrogen) atoms. The van der Waals surface area contributed by atoms with E-state index < -0.39 is 23.6 Å². The average Bonchev–Trinajstić information content (AvgIpc) is 2.62. The molecule has 0 heterocycles. The summed E-state index contributed by atoms with van der Waals surface area (Å²) in [5, 5.41) is 14.4. The molecule has 0 aromatic heterocycles. The van der Waals surface area contributed by atoms with Crippen molar-refractivity contribution in [2.24, 2.45) is 0 Å². The molecule has 0 radical (unpaired) electrons. The Hall–Kier alpha value is -3.54. The van der Waals surface area contributed by atoms with Crippen LogP contribution in [0.5, 0.6) is 5.75 Å². The zero-order valence-corrected chi connectivity index (χ0v) is 17.2. The zero-order valence-electron chi connectivity index (χ0n) is 17.2. The van der Waals surface area contributed by atoms with Crippen LogP contribution in [0.15, 0.2) is 18.7 Å². The highest BCUT2D eigenvalue weighted by Gasteiger charge is 2.22. The topological polar surface area (TPSA) is 127 Å². The van der Waals surface area contributed by atoms with Crippen molar-refractivity contribution in [3.63, 3.8) is 0 Å². The Morgan fingerprint density at radius 3 is 2.41 bits per heavy atom. The SMILES string of the molecule is C=C(C(=O)OC)c1ccc(C#N)c(NC(C)=O)c1OCCNC(=O)OC(C)(C)C. The summed E-state index contributed by atoms with van der Waals surface area (Å²) in [5.74, 6) is -1.06. The number of benzene rings is 1. The molecule has 2 N–H and O–H groups in total. The Bertz CT molecular complexity index is 849. The molecule has 9 heteroatoms. The molecule has 0 aliphatic heterocycles. The van der Waals surface area contributed by atoms with Crippen LogP contribution in [-0.4, -0.2) is 43.8 Å². The van der Waals surface area contributed by atoms with Crippen LogP contribution in [-0.2, 0) is 19.1 Å². The molecular weight excluding hydrogens is 378 g/mol. The lowest BCUT2D eigenvalue weighted by atomic mass is 10.0. The first-order chi connectivity index (χ1) is 13.5. The third-order valence-electron chi connectivity index (χ3n) is 3.35. The summed E-state index contributed by atoms with van der Waals surface area (Å²) in [5.41, 5.74) is -0.178. The van der Waals surface area contributed by atoms with Gasteiger partial charge in [-0.3, -0.25) is 4.79 Å². The van der Waals surface area contributed by atoms with Gasteiger partial charge in [0.15, 0.2) is 5.75 Å². The first-order valence-corrected chi connectivity index (χ1v) is 8.72. The Labute approximate surface area is 169 Å². The summed E-state index contributed by atoms with van der Waals surface area (Å²) in [6.45, 7) is 10.2. The van der Waals surface area contributed by atoms with Gasteiger partial charge in [0.05, 0.1) is 24.8 Å². The number of amides is 2. The average molecular weight is 403 g/mol. The number of esters is 1. The number of nitrogens with one attached hydrogen (secondary N) is 2. The molecule has 0 aliphatic rings. The lowest BCUT2D eigenvalue weighted by Gasteiger charge is -2.20. The van der Waals surface area contributed by atoms with Crippen molar-refractivity contribution >= 4 is 29.2 Å². The van der Waals surface area contributed by atoms with Crippen molar-refractivity contribution in [3.05, 3.63) is 29.8 Å². The van der Waals surface area contributed by atoms with Crippen molar-refractivity contribution in [3.8, 4) is 11.8 Å². The Balaban J connectivity index is 3.11. The van der Waals surface area contributed by atoms with Crippen LogP contribution < -0.4 is 15.4 Å². The Kier molecular flexibility index (Phi) is 8.21. The number of ether oxygens (including phenoxy) is 3. The lowest BCUT2D eigenvalue weighted by Crippen LogP contribution is -2.34. The number of hydrogen-bond donors (Lipinski definition) is 2. The third kappa shape index (κ3) is 7.18. The summed E-state index contributed by atoms with van der Waals surface area (Å²) in [6, 6.07) is 4.86. The van der Waals surface area contributed by atoms with E-state index in [0.29, 0.717) is 0 Å². The van der Waals surface area contributed by atoms with Crippen molar-refractivity contribution in [1.29, 1.82) is 5.26 Å². The summed E-state index contributed by atoms with van der Waals surface area (Å²) >= 11 is 0. The largest absolute Gasteiger partial charge is 0.489 e. The maximum absolute atomic E-state index is 11.9. The standard InChI is InChI=1S/C20H25N3O6/c1-12(18(25)27-6)15-8-7-14(11-21)16(23-13(2)24)17(15)28-10-9-22-19(26)29-20(3,4)5/h7-8H,1,9-10H2,2-6H3,(H,22,26)(H,23,24). The van der Waals surface area contributed by atoms with Gasteiger partial charge in [0, 0.05) is 12.5 Å². The van der Waals surface area contributed by atoms with Gasteiger partial charge in [0.2, 0.25) is 5.91 Å². The second kappa shape index (κ2) is 10.1. The van der Waals surface area contributed by atoms with Crippen LogP contribution >= 0.6 is 0 Å². The number of carbonyl (C=O) groups excluding carboxylic acids is 3. The maximum Gasteiger partial charge on any atom is 0.407 e. The van der Waals surface area contributed by atoms with E-state index in [1.807, 2.05) is 6.07 Å². The fourth-order valence-electron chi connectivity index (χ4n) is 2.22. The molecule has 0 saturated heterocycles. The van der Waals surface area contributed by atoms with Crippen LogP contribution in [0.3, 0.4) is 0 Å². The van der Waals surface area contributed by atoms with Gasteiger partial charge in [-0.15, -0.1) is 0 Å². The molecule has 0 unspecified atom stereocenters. The van der Waals surface area contributed by atoms with Crippen LogP contribution in [0.2, 0.25) is 0 Å². The van der Waals surface area contributed by atoms with Crippen molar-refractivity contribution < 1.29 is 28.6 Å². The Morgan fingerprint density at radius 2 is 1.90 bits per heavy atom. The normalized spacial score (nSPS) is 10.3. The lowest BCUT2D eigenvalue weighted by molar-refractivity contribution is -0.133. The van der Waals surface area contributed by atoms with Crippen molar-refractivity contribution in [1.82, 2.24) is 5.32 Å². The summed E-state index contributed by atoms with van der Waals surface area (Å²) in [6.07, 6.45) is -0.617. The monoisotopic (exact) mass is 403 g/mol. The van der Waals surface area contributed by atoms with Gasteiger partial charge in [-0.2, -0.15) is 5.26 Å². The molecular formula is C20H25N3O6. The van der Waals surface area contributed by atoms with Gasteiger partial charge in [-0.05, 0) is 32.9 Å². The van der Waals surface area contributed by atoms with Gasteiger partial charge in [0.25, 0.3) is 0 Å². The number of methoxy groups -OCH3 is 1. The predicted octanol–water partition coefficient (Wildman–Crippen LogP) is 2.61. The van der Waals surface area contributed by atoms with E-state index in [4.69, 9.17) is 9.47 Å². The second-order valence-electron chi connectivity index (χ2n) is 6.91. The van der Waals surface area contributed by atoms with Gasteiger partial charge in [-0.1, -0.05) is 6.58 Å². The molecule has 1 rings (SSSR count). The highest BCUT2D eigenvalue weighted by Crippen LogP contribution is 2.36. The molecule has 0 bridgehead atoms. The first-order valence-electron chi connectivity index (χ1n) is 8.72. The number of nitrogens with zero attached hydrogens (tertiary/aromatic N) is 1. The van der Waals surface area contributed by atoms with Gasteiger partial charge < -0.3 is 24.8 Å². The van der Waals surface area contributed by atoms with E-state index in [-0.39, 0.29) is 41.3 Å². The highest BCUT2D eigenvalue weighted by molar-refractivity contribution is 6.17. The number of rotatable bonds is 7. The minimum Gasteiger partial charge on any atom is -0.489 e. The van der Waals surface area contributed by atoms with E-state index >= 15 is 0 Å². The molecule has 2 amide bonds. The number of hydrogen-bond acceptors (Lipinski definition) is 7. The van der Waals surface area contributed by atoms with Crippen molar-refractivity contribution in [2.45, 2.75) is 33.3 Å². The summed E-state index contributed by atoms with van der Waals surface area (Å²) in [4.78, 5) is 35.2. The fraction of sp³-hybridized carbons (Fsp3) is 0.400. The van der Waals surface area contributed by atoms with Crippen molar-refractivity contribution in [2.75, 3.05) is 25.6 Å². The maximum atomic E-state index is 11.9. The number of carbonyl (C=O) groups is 3. The third-order valence-corrected chi connectivity index (χ3v) is 3.35. The zero-order chi connectivity index (χ0) is 22.2. The second-order valence-corrected chi connectivity index (χ2v) is 6.91. The molecule has 0 aliphatic carbocycles. The minimum atomic E-state index is -0.694. The minimum absolute atomic E-state index is 0.0151. The van der Waals surface area contributed by atoms with Gasteiger partial charge in [0.1, 0.15) is 24.0 Å². The summed E-state index contributed by atoms with van der Waals surface area (Å²) in [7, 11) is 1.21. The summed E-state index contributed by atoms with van der Waals surface area (Å²) < 4.78 is 15.5. The van der Waals surface area contributed by atoms with Crippen LogP contribution in [0, 0.1) is 11.3 Å². The molecule has 0 atom stereocenters. The highest BCUT2D eigenvalue weighted by atomic mass is 16.6. The molecule has 1 aromatic rings. The molecule has 156 valence electrons. The van der Waals surface area contributed by atoms with E-state index in [2.05, 4.69) is 21.9 Å². The Morgan fingerprint density at radius 1 is 1.24 bits per heavy atom. The fourth-order valence-corrected chi connectivity index (χ4v) is 2.22. The van der Waals surface area contributed by atoms with E-state index in [1.165, 1.54) is 26.2 Å². The van der Waals surface area contributed by atoms with Gasteiger partial charge >= 0.3 is 12.1 Å². The molecule has 1 aromatic carbocycles. The number of anilines is 1. The molecule has 0 spiro atoms. The predicted molar refractivity (Wildman–Crippen MR) is 106 cm³/mol. The van der Waals surface area contributed by atoms with E-state index in [1.54, 1.807) is 20.8 Å². The number of alkyl carbamates (subject to hydrolysis) is 1. The first kappa shape index (κ1) is 23.5. The van der Waals surface area contributed by atoms with Gasteiger partial charge in [-0.25, -0.2) is 9.59 Å². The number of nitriles is 1.